The average molecular weight is 415 g/mol. The molecule has 3 rings (SSSR count). The maximum absolute atomic E-state index is 12.7. The Labute approximate surface area is 145 Å². The van der Waals surface area contributed by atoms with Gasteiger partial charge < -0.3 is 4.52 Å². The molecule has 10 heteroatoms. The Kier molecular flexibility index (Phi) is 4.96. The molecule has 0 radical (unpaired) electrons. The SMILES string of the molecule is O=[N+]([O-])c1ccc(O[P@]2(=O)OCC[C@@H](c3cncc(Br)c3)O2)cc1. The molecule has 126 valence electrons. The largest absolute Gasteiger partial charge is 0.530 e. The van der Waals surface area contributed by atoms with E-state index in [1.807, 2.05) is 6.07 Å². The number of pyridine rings is 1. The third-order valence-electron chi connectivity index (χ3n) is 3.25. The quantitative estimate of drug-likeness (QED) is 0.414. The van der Waals surface area contributed by atoms with Gasteiger partial charge in [-0.25, -0.2) is 4.57 Å². The molecule has 0 bridgehead atoms. The van der Waals surface area contributed by atoms with E-state index in [1.165, 1.54) is 24.3 Å². The third kappa shape index (κ3) is 3.99. The van der Waals surface area contributed by atoms with Crippen LogP contribution in [0.15, 0.2) is 47.2 Å². The van der Waals surface area contributed by atoms with Crippen LogP contribution in [0.1, 0.15) is 18.1 Å². The Bertz CT molecular complexity index is 800. The van der Waals surface area contributed by atoms with E-state index in [0.29, 0.717) is 6.42 Å². The van der Waals surface area contributed by atoms with Gasteiger partial charge in [0, 0.05) is 41.0 Å². The van der Waals surface area contributed by atoms with Gasteiger partial charge in [0.25, 0.3) is 5.69 Å². The highest BCUT2D eigenvalue weighted by Gasteiger charge is 2.37. The molecule has 0 saturated carbocycles. The highest BCUT2D eigenvalue weighted by Crippen LogP contribution is 2.56. The first-order valence-corrected chi connectivity index (χ1v) is 9.18. The predicted molar refractivity (Wildman–Crippen MR) is 87.7 cm³/mol. The van der Waals surface area contributed by atoms with Crippen molar-refractivity contribution >= 4 is 29.4 Å². The smallest absolute Gasteiger partial charge is 0.404 e. The first-order chi connectivity index (χ1) is 11.5. The number of phosphoric acid groups is 1. The second kappa shape index (κ2) is 6.98. The van der Waals surface area contributed by atoms with Gasteiger partial charge in [0.15, 0.2) is 0 Å². The molecule has 0 amide bonds. The van der Waals surface area contributed by atoms with Gasteiger partial charge in [0.2, 0.25) is 0 Å². The number of non-ortho nitro benzene ring substituents is 1. The summed E-state index contributed by atoms with van der Waals surface area (Å²) < 4.78 is 29.4. The van der Waals surface area contributed by atoms with Crippen molar-refractivity contribution in [2.75, 3.05) is 6.61 Å². The van der Waals surface area contributed by atoms with E-state index >= 15 is 0 Å². The molecular weight excluding hydrogens is 403 g/mol. The number of nitro benzene ring substituents is 1. The van der Waals surface area contributed by atoms with E-state index in [2.05, 4.69) is 20.9 Å². The molecule has 0 spiro atoms. The number of rotatable bonds is 4. The summed E-state index contributed by atoms with van der Waals surface area (Å²) in [6, 6.07) is 7.01. The number of benzene rings is 1. The summed E-state index contributed by atoms with van der Waals surface area (Å²) in [5.74, 6) is 0.164. The van der Waals surface area contributed by atoms with Crippen molar-refractivity contribution in [1.29, 1.82) is 0 Å². The van der Waals surface area contributed by atoms with Gasteiger partial charge in [-0.3, -0.25) is 24.1 Å². The molecule has 0 aliphatic carbocycles. The highest BCUT2D eigenvalue weighted by molar-refractivity contribution is 9.10. The van der Waals surface area contributed by atoms with Crippen LogP contribution < -0.4 is 4.52 Å². The number of hydrogen-bond donors (Lipinski definition) is 0. The number of aromatic nitrogens is 1. The van der Waals surface area contributed by atoms with Crippen LogP contribution in [0.4, 0.5) is 5.69 Å². The highest BCUT2D eigenvalue weighted by atomic mass is 79.9. The maximum atomic E-state index is 12.7. The molecule has 8 nitrogen and oxygen atoms in total. The lowest BCUT2D eigenvalue weighted by Crippen LogP contribution is -2.16. The molecule has 1 aliphatic heterocycles. The van der Waals surface area contributed by atoms with Crippen LogP contribution in [0.25, 0.3) is 0 Å². The average Bonchev–Trinajstić information content (AvgIpc) is 2.55. The molecule has 1 aromatic heterocycles. The summed E-state index contributed by atoms with van der Waals surface area (Å²) in [6.45, 7) is 0.196. The van der Waals surface area contributed by atoms with E-state index in [-0.39, 0.29) is 18.0 Å². The summed E-state index contributed by atoms with van der Waals surface area (Å²) in [6.07, 6.45) is 3.28. The lowest BCUT2D eigenvalue weighted by Gasteiger charge is -2.28. The van der Waals surface area contributed by atoms with Gasteiger partial charge in [0.1, 0.15) is 5.75 Å². The van der Waals surface area contributed by atoms with Crippen molar-refractivity contribution in [2.24, 2.45) is 0 Å². The van der Waals surface area contributed by atoms with Crippen LogP contribution in [0.2, 0.25) is 0 Å². The Morgan fingerprint density at radius 3 is 2.75 bits per heavy atom. The molecule has 24 heavy (non-hydrogen) atoms. The second-order valence-electron chi connectivity index (χ2n) is 4.94. The van der Waals surface area contributed by atoms with Gasteiger partial charge in [-0.15, -0.1) is 0 Å². The second-order valence-corrected chi connectivity index (χ2v) is 7.40. The molecule has 1 saturated heterocycles. The van der Waals surface area contributed by atoms with Gasteiger partial charge in [0.05, 0.1) is 17.6 Å². The van der Waals surface area contributed by atoms with Crippen LogP contribution in [-0.4, -0.2) is 16.5 Å². The zero-order valence-corrected chi connectivity index (χ0v) is 14.7. The van der Waals surface area contributed by atoms with E-state index in [0.717, 1.165) is 10.0 Å². The van der Waals surface area contributed by atoms with Gasteiger partial charge in [-0.1, -0.05) is 0 Å². The summed E-state index contributed by atoms with van der Waals surface area (Å²) >= 11 is 3.32. The first-order valence-electron chi connectivity index (χ1n) is 6.93. The third-order valence-corrected chi connectivity index (χ3v) is 5.13. The molecular formula is C14H12BrN2O6P. The van der Waals surface area contributed by atoms with Crippen LogP contribution in [0.5, 0.6) is 5.75 Å². The minimum absolute atomic E-state index is 0.0933. The van der Waals surface area contributed by atoms with Gasteiger partial charge in [-0.2, -0.15) is 0 Å². The molecule has 1 aliphatic rings. The van der Waals surface area contributed by atoms with Crippen molar-refractivity contribution < 1.29 is 23.1 Å². The summed E-state index contributed by atoms with van der Waals surface area (Å²) in [5.41, 5.74) is 0.657. The zero-order chi connectivity index (χ0) is 17.2. The molecule has 0 unspecified atom stereocenters. The minimum atomic E-state index is -3.82. The number of halogens is 1. The number of hydrogen-bond acceptors (Lipinski definition) is 7. The first kappa shape index (κ1) is 17.0. The zero-order valence-electron chi connectivity index (χ0n) is 12.2. The lowest BCUT2D eigenvalue weighted by atomic mass is 10.1. The Morgan fingerprint density at radius 1 is 1.33 bits per heavy atom. The molecule has 2 heterocycles. The summed E-state index contributed by atoms with van der Waals surface area (Å²) in [7, 11) is -3.82. The van der Waals surface area contributed by atoms with Crippen LogP contribution >= 0.6 is 23.8 Å². The molecule has 0 N–H and O–H groups in total. The Balaban J connectivity index is 1.75. The van der Waals surface area contributed by atoms with E-state index < -0.39 is 18.8 Å². The van der Waals surface area contributed by atoms with Crippen molar-refractivity contribution in [3.05, 3.63) is 62.9 Å². The fourth-order valence-corrected chi connectivity index (χ4v) is 3.93. The van der Waals surface area contributed by atoms with Crippen molar-refractivity contribution in [1.82, 2.24) is 4.98 Å². The molecule has 1 fully saturated rings. The number of nitro groups is 1. The Morgan fingerprint density at radius 2 is 2.08 bits per heavy atom. The molecule has 2 atom stereocenters. The molecule has 2 aromatic rings. The monoisotopic (exact) mass is 414 g/mol. The van der Waals surface area contributed by atoms with Crippen LogP contribution in [0, 0.1) is 10.1 Å². The fourth-order valence-electron chi connectivity index (χ4n) is 2.15. The molecule has 1 aromatic carbocycles. The predicted octanol–water partition coefficient (Wildman–Crippen LogP) is 4.42. The minimum Gasteiger partial charge on any atom is -0.404 e. The standard InChI is InChI=1S/C14H12BrN2O6P/c15-11-7-10(8-16-9-11)14-5-6-21-24(20,23-14)22-13-3-1-12(2-4-13)17(18)19/h1-4,7-9,14H,5-6H2/t14-,24-/m0/s1. The van der Waals surface area contributed by atoms with E-state index in [9.17, 15) is 14.7 Å². The van der Waals surface area contributed by atoms with E-state index in [4.69, 9.17) is 13.6 Å². The summed E-state index contributed by atoms with van der Waals surface area (Å²) in [4.78, 5) is 14.2. The number of phosphoric ester groups is 1. The van der Waals surface area contributed by atoms with Gasteiger partial charge >= 0.3 is 7.82 Å². The Hall–Kier alpha value is -1.80. The number of nitrogens with zero attached hydrogens (tertiary/aromatic N) is 2. The summed E-state index contributed by atoms with van der Waals surface area (Å²) in [5, 5.41) is 10.6. The topological polar surface area (TPSA) is 101 Å². The van der Waals surface area contributed by atoms with Crippen LogP contribution in [0.3, 0.4) is 0 Å². The van der Waals surface area contributed by atoms with E-state index in [1.54, 1.807) is 12.4 Å². The van der Waals surface area contributed by atoms with Crippen molar-refractivity contribution in [2.45, 2.75) is 12.5 Å². The van der Waals surface area contributed by atoms with Crippen LogP contribution in [-0.2, 0) is 13.6 Å². The van der Waals surface area contributed by atoms with Gasteiger partial charge in [-0.05, 0) is 34.1 Å². The van der Waals surface area contributed by atoms with Crippen molar-refractivity contribution in [3.8, 4) is 5.75 Å². The maximum Gasteiger partial charge on any atom is 0.530 e. The lowest BCUT2D eigenvalue weighted by molar-refractivity contribution is -0.384. The normalized spacial score (nSPS) is 23.6. The van der Waals surface area contributed by atoms with Crippen molar-refractivity contribution in [3.63, 3.8) is 0 Å². The fraction of sp³-hybridized carbons (Fsp3) is 0.214.